The summed E-state index contributed by atoms with van der Waals surface area (Å²) in [6.07, 6.45) is 2.17. The molecule has 0 bridgehead atoms. The van der Waals surface area contributed by atoms with Crippen LogP contribution in [0, 0.1) is 0 Å². The van der Waals surface area contributed by atoms with Gasteiger partial charge in [0, 0.05) is 44.7 Å². The molecule has 2 heterocycles. The van der Waals surface area contributed by atoms with Crippen LogP contribution in [0.15, 0.2) is 230 Å². The topological polar surface area (TPSA) is 48.2 Å². The van der Waals surface area contributed by atoms with E-state index < -0.39 is 0 Å². The zero-order chi connectivity index (χ0) is 40.0. The van der Waals surface area contributed by atoms with E-state index in [0.29, 0.717) is 5.84 Å². The van der Waals surface area contributed by atoms with Crippen molar-refractivity contribution in [2.75, 3.05) is 0 Å². The highest BCUT2D eigenvalue weighted by atomic mass is 15.0. The second-order valence-electron chi connectivity index (χ2n) is 15.4. The second-order valence-corrected chi connectivity index (χ2v) is 15.4. The van der Waals surface area contributed by atoms with Gasteiger partial charge in [0.2, 0.25) is 0 Å². The average Bonchev–Trinajstić information content (AvgIpc) is 3.89. The molecule has 0 saturated carbocycles. The lowest BCUT2D eigenvalue weighted by Gasteiger charge is -2.18. The molecule has 1 unspecified atom stereocenters. The molecule has 60 heavy (non-hydrogen) atoms. The van der Waals surface area contributed by atoms with Gasteiger partial charge in [0.25, 0.3) is 0 Å². The molecule has 0 fully saturated rings. The first-order chi connectivity index (χ1) is 29.7. The minimum atomic E-state index is -0.330. The highest BCUT2D eigenvalue weighted by molar-refractivity contribution is 6.20. The van der Waals surface area contributed by atoms with Crippen LogP contribution in [-0.2, 0) is 0 Å². The van der Waals surface area contributed by atoms with E-state index in [9.17, 15) is 0 Å². The number of fused-ring (bicyclic) bond motifs is 6. The maximum Gasteiger partial charge on any atom is 0.126 e. The number of nitrogens with two attached hydrogens (primary N) is 1. The van der Waals surface area contributed by atoms with Gasteiger partial charge < -0.3 is 14.9 Å². The Hall–Kier alpha value is -7.95. The van der Waals surface area contributed by atoms with Gasteiger partial charge in [-0.05, 0) is 112 Å². The van der Waals surface area contributed by atoms with E-state index in [4.69, 9.17) is 10.7 Å². The number of para-hydroxylation sites is 1. The number of benzene rings is 9. The molecular formula is C56H40N4. The molecule has 0 aliphatic carbocycles. The Morgan fingerprint density at radius 1 is 0.417 bits per heavy atom. The SMILES string of the molecule is NC(=NC(c1ccccc1)c1cc(-c2ccccc2)cc(-c2ccccc2)c1)c1ccc(-n2c3cc4c(ccn4-c4ccccc4)cc3c3ccc4ccccc4c32)cc1. The molecule has 11 rings (SSSR count). The average molecular weight is 769 g/mol. The molecule has 4 heteroatoms. The zero-order valence-electron chi connectivity index (χ0n) is 32.9. The summed E-state index contributed by atoms with van der Waals surface area (Å²) in [6.45, 7) is 0. The summed E-state index contributed by atoms with van der Waals surface area (Å²) in [4.78, 5) is 5.34. The summed E-state index contributed by atoms with van der Waals surface area (Å²) >= 11 is 0. The van der Waals surface area contributed by atoms with Gasteiger partial charge in [0.1, 0.15) is 11.9 Å². The van der Waals surface area contributed by atoms with Crippen molar-refractivity contribution in [3.8, 4) is 33.6 Å². The first kappa shape index (κ1) is 35.2. The second kappa shape index (κ2) is 14.8. The third kappa shape index (κ3) is 6.23. The van der Waals surface area contributed by atoms with E-state index in [0.717, 1.165) is 61.4 Å². The van der Waals surface area contributed by atoms with E-state index in [2.05, 4.69) is 228 Å². The van der Waals surface area contributed by atoms with Crippen molar-refractivity contribution < 1.29 is 0 Å². The summed E-state index contributed by atoms with van der Waals surface area (Å²) in [7, 11) is 0. The van der Waals surface area contributed by atoms with Crippen LogP contribution in [0.1, 0.15) is 22.7 Å². The van der Waals surface area contributed by atoms with E-state index in [1.807, 2.05) is 6.07 Å². The van der Waals surface area contributed by atoms with Gasteiger partial charge in [-0.2, -0.15) is 0 Å². The third-order valence-electron chi connectivity index (χ3n) is 11.8. The van der Waals surface area contributed by atoms with E-state index in [1.165, 1.54) is 32.4 Å². The molecular weight excluding hydrogens is 729 g/mol. The van der Waals surface area contributed by atoms with Crippen molar-refractivity contribution in [1.82, 2.24) is 9.13 Å². The number of hydrogen-bond donors (Lipinski definition) is 1. The molecule has 11 aromatic rings. The van der Waals surface area contributed by atoms with Crippen LogP contribution < -0.4 is 5.73 Å². The van der Waals surface area contributed by atoms with Gasteiger partial charge in [-0.25, -0.2) is 0 Å². The summed E-state index contributed by atoms with van der Waals surface area (Å²) in [5, 5.41) is 6.07. The smallest absolute Gasteiger partial charge is 0.126 e. The van der Waals surface area contributed by atoms with Crippen LogP contribution in [-0.4, -0.2) is 15.0 Å². The number of aromatic nitrogens is 2. The molecule has 0 amide bonds. The molecule has 0 aliphatic rings. The molecule has 0 radical (unpaired) electrons. The molecule has 0 aliphatic heterocycles. The lowest BCUT2D eigenvalue weighted by atomic mass is 9.91. The van der Waals surface area contributed by atoms with Crippen LogP contribution >= 0.6 is 0 Å². The first-order valence-corrected chi connectivity index (χ1v) is 20.4. The Labute approximate surface area is 348 Å². The maximum atomic E-state index is 7.06. The molecule has 0 spiro atoms. The minimum absolute atomic E-state index is 0.330. The quantitative estimate of drug-likeness (QED) is 0.121. The predicted molar refractivity (Wildman–Crippen MR) is 251 cm³/mol. The first-order valence-electron chi connectivity index (χ1n) is 20.4. The van der Waals surface area contributed by atoms with Crippen molar-refractivity contribution in [3.05, 3.63) is 241 Å². The van der Waals surface area contributed by atoms with Crippen molar-refractivity contribution in [2.45, 2.75) is 6.04 Å². The van der Waals surface area contributed by atoms with Crippen LogP contribution in [0.2, 0.25) is 0 Å². The Kier molecular flexibility index (Phi) is 8.67. The summed E-state index contributed by atoms with van der Waals surface area (Å²) < 4.78 is 4.69. The number of rotatable bonds is 8. The van der Waals surface area contributed by atoms with Crippen molar-refractivity contribution in [2.24, 2.45) is 10.7 Å². The van der Waals surface area contributed by atoms with Gasteiger partial charge >= 0.3 is 0 Å². The van der Waals surface area contributed by atoms with Crippen LogP contribution in [0.5, 0.6) is 0 Å². The Morgan fingerprint density at radius 3 is 1.72 bits per heavy atom. The number of aliphatic imine (C=N–C) groups is 1. The summed E-state index contributed by atoms with van der Waals surface area (Å²) in [5.74, 6) is 0.483. The van der Waals surface area contributed by atoms with Crippen LogP contribution in [0.3, 0.4) is 0 Å². The van der Waals surface area contributed by atoms with Gasteiger partial charge in [-0.1, -0.05) is 146 Å². The van der Waals surface area contributed by atoms with E-state index in [-0.39, 0.29) is 6.04 Å². The normalized spacial score (nSPS) is 12.4. The zero-order valence-corrected chi connectivity index (χ0v) is 32.9. The van der Waals surface area contributed by atoms with E-state index in [1.54, 1.807) is 0 Å². The van der Waals surface area contributed by atoms with E-state index >= 15 is 0 Å². The van der Waals surface area contributed by atoms with Crippen LogP contribution in [0.4, 0.5) is 0 Å². The number of amidine groups is 1. The Morgan fingerprint density at radius 2 is 1.03 bits per heavy atom. The number of hydrogen-bond acceptors (Lipinski definition) is 1. The molecule has 4 nitrogen and oxygen atoms in total. The fourth-order valence-corrected chi connectivity index (χ4v) is 8.86. The number of nitrogens with zero attached hydrogens (tertiary/aromatic N) is 3. The largest absolute Gasteiger partial charge is 0.383 e. The standard InChI is InChI=1S/C56H40N4/c57-56(58-54(41-20-9-3-10-21-41)46-34-44(38-15-5-1-6-16-38)33-45(35-46)39-17-7-2-8-18-39)42-25-28-48(29-26-42)60-53-37-52-43(31-32-59(52)47-22-11-4-12-23-47)36-51(53)50-30-27-40-19-13-14-24-49(40)55(50)60/h1-37,54H,(H2,57,58). The van der Waals surface area contributed by atoms with Crippen molar-refractivity contribution in [3.63, 3.8) is 0 Å². The minimum Gasteiger partial charge on any atom is -0.383 e. The molecule has 1 atom stereocenters. The molecule has 0 saturated heterocycles. The fourth-order valence-electron chi connectivity index (χ4n) is 8.86. The molecule has 2 N–H and O–H groups in total. The van der Waals surface area contributed by atoms with Crippen LogP contribution in [0.25, 0.3) is 77.1 Å². The highest BCUT2D eigenvalue weighted by Gasteiger charge is 2.20. The van der Waals surface area contributed by atoms with Gasteiger partial charge in [-0.15, -0.1) is 0 Å². The lowest BCUT2D eigenvalue weighted by molar-refractivity contribution is 0.871. The highest BCUT2D eigenvalue weighted by Crippen LogP contribution is 2.40. The van der Waals surface area contributed by atoms with Crippen molar-refractivity contribution >= 4 is 49.3 Å². The molecule has 9 aromatic carbocycles. The summed E-state index contributed by atoms with van der Waals surface area (Å²) in [6, 6.07) is 77.2. The Balaban J connectivity index is 1.05. The van der Waals surface area contributed by atoms with Gasteiger partial charge in [0.15, 0.2) is 0 Å². The van der Waals surface area contributed by atoms with Gasteiger partial charge in [-0.3, -0.25) is 4.99 Å². The molecule has 284 valence electrons. The maximum absolute atomic E-state index is 7.06. The summed E-state index contributed by atoms with van der Waals surface area (Å²) in [5.41, 5.74) is 20.3. The third-order valence-corrected chi connectivity index (χ3v) is 11.8. The Bertz CT molecular complexity index is 3290. The fraction of sp³-hybridized carbons (Fsp3) is 0.0179. The lowest BCUT2D eigenvalue weighted by Crippen LogP contribution is -2.16. The predicted octanol–water partition coefficient (Wildman–Crippen LogP) is 13.7. The van der Waals surface area contributed by atoms with Crippen molar-refractivity contribution in [1.29, 1.82) is 0 Å². The monoisotopic (exact) mass is 768 g/mol. The molecule has 2 aromatic heterocycles. The van der Waals surface area contributed by atoms with Gasteiger partial charge in [0.05, 0.1) is 16.6 Å².